The molecule has 0 aromatic carbocycles. The summed E-state index contributed by atoms with van der Waals surface area (Å²) >= 11 is 0. The molecule has 1 aromatic rings. The van der Waals surface area contributed by atoms with Gasteiger partial charge in [0.1, 0.15) is 0 Å². The van der Waals surface area contributed by atoms with E-state index < -0.39 is 5.97 Å². The second kappa shape index (κ2) is 3.85. The Morgan fingerprint density at radius 2 is 2.31 bits per heavy atom. The standard InChI is InChI=1S/C10H11NO2/c1-3-4-8-7(2)5-6-11-9(8)10(12)13/h3-6H,1-2H3,(H,12,13). The van der Waals surface area contributed by atoms with Gasteiger partial charge in [-0.1, -0.05) is 12.2 Å². The summed E-state index contributed by atoms with van der Waals surface area (Å²) < 4.78 is 0. The molecule has 0 aliphatic carbocycles. The number of hydrogen-bond donors (Lipinski definition) is 1. The molecule has 1 rings (SSSR count). The molecule has 0 amide bonds. The number of carbonyl (C=O) groups is 1. The third-order valence-corrected chi connectivity index (χ3v) is 1.74. The highest BCUT2D eigenvalue weighted by Gasteiger charge is 2.10. The van der Waals surface area contributed by atoms with Crippen LogP contribution in [0, 0.1) is 6.92 Å². The first-order valence-electron chi connectivity index (χ1n) is 3.98. The summed E-state index contributed by atoms with van der Waals surface area (Å²) in [5, 5.41) is 8.82. The first-order valence-corrected chi connectivity index (χ1v) is 3.98. The van der Waals surface area contributed by atoms with Gasteiger partial charge in [0.25, 0.3) is 0 Å². The Labute approximate surface area is 76.7 Å². The van der Waals surface area contributed by atoms with E-state index in [4.69, 9.17) is 5.11 Å². The summed E-state index contributed by atoms with van der Waals surface area (Å²) in [4.78, 5) is 14.6. The summed E-state index contributed by atoms with van der Waals surface area (Å²) in [5.41, 5.74) is 1.71. The fraction of sp³-hybridized carbons (Fsp3) is 0.200. The fourth-order valence-corrected chi connectivity index (χ4v) is 1.12. The van der Waals surface area contributed by atoms with Crippen LogP contribution in [0.15, 0.2) is 18.3 Å². The van der Waals surface area contributed by atoms with Gasteiger partial charge in [0.2, 0.25) is 0 Å². The third-order valence-electron chi connectivity index (χ3n) is 1.74. The third kappa shape index (κ3) is 1.93. The number of pyridine rings is 1. The van der Waals surface area contributed by atoms with Gasteiger partial charge in [-0.05, 0) is 25.5 Å². The minimum Gasteiger partial charge on any atom is -0.476 e. The SMILES string of the molecule is CC=Cc1c(C)ccnc1C(=O)O. The van der Waals surface area contributed by atoms with E-state index in [2.05, 4.69) is 4.98 Å². The molecule has 0 aliphatic heterocycles. The Bertz CT molecular complexity index is 356. The van der Waals surface area contributed by atoms with Crippen LogP contribution in [0.1, 0.15) is 28.5 Å². The van der Waals surface area contributed by atoms with Gasteiger partial charge in [-0.15, -0.1) is 0 Å². The predicted molar refractivity (Wildman–Crippen MR) is 50.6 cm³/mol. The van der Waals surface area contributed by atoms with Crippen LogP contribution in [0.2, 0.25) is 0 Å². The van der Waals surface area contributed by atoms with Crippen LogP contribution < -0.4 is 0 Å². The van der Waals surface area contributed by atoms with Gasteiger partial charge in [0.15, 0.2) is 5.69 Å². The highest BCUT2D eigenvalue weighted by atomic mass is 16.4. The van der Waals surface area contributed by atoms with E-state index in [1.54, 1.807) is 18.2 Å². The molecule has 68 valence electrons. The van der Waals surface area contributed by atoms with Gasteiger partial charge in [0, 0.05) is 11.8 Å². The summed E-state index contributed by atoms with van der Waals surface area (Å²) in [6.45, 7) is 3.71. The monoisotopic (exact) mass is 177 g/mol. The van der Waals surface area contributed by atoms with Crippen LogP contribution in [-0.2, 0) is 0 Å². The molecule has 3 heteroatoms. The van der Waals surface area contributed by atoms with Gasteiger partial charge < -0.3 is 5.11 Å². The van der Waals surface area contributed by atoms with Crippen molar-refractivity contribution < 1.29 is 9.90 Å². The summed E-state index contributed by atoms with van der Waals surface area (Å²) in [5.74, 6) is -0.989. The normalized spacial score (nSPS) is 10.6. The second-order valence-corrected chi connectivity index (χ2v) is 2.70. The number of aromatic carboxylic acids is 1. The quantitative estimate of drug-likeness (QED) is 0.752. The van der Waals surface area contributed by atoms with Gasteiger partial charge in [0.05, 0.1) is 0 Å². The van der Waals surface area contributed by atoms with E-state index in [0.717, 1.165) is 5.56 Å². The molecular weight excluding hydrogens is 166 g/mol. The van der Waals surface area contributed by atoms with E-state index in [-0.39, 0.29) is 5.69 Å². The molecule has 3 nitrogen and oxygen atoms in total. The van der Waals surface area contributed by atoms with E-state index in [0.29, 0.717) is 5.56 Å². The minimum atomic E-state index is -0.989. The van der Waals surface area contributed by atoms with Crippen molar-refractivity contribution >= 4 is 12.0 Å². The maximum absolute atomic E-state index is 10.8. The molecule has 0 saturated heterocycles. The molecule has 0 unspecified atom stereocenters. The molecule has 0 radical (unpaired) electrons. The van der Waals surface area contributed by atoms with Crippen molar-refractivity contribution in [3.8, 4) is 0 Å². The highest BCUT2D eigenvalue weighted by molar-refractivity contribution is 5.90. The van der Waals surface area contributed by atoms with Crippen LogP contribution in [0.3, 0.4) is 0 Å². The van der Waals surface area contributed by atoms with Gasteiger partial charge >= 0.3 is 5.97 Å². The molecular formula is C10H11NO2. The lowest BCUT2D eigenvalue weighted by atomic mass is 10.1. The molecule has 0 saturated carbocycles. The number of aryl methyl sites for hydroxylation is 1. The van der Waals surface area contributed by atoms with Crippen molar-refractivity contribution in [3.05, 3.63) is 35.2 Å². The van der Waals surface area contributed by atoms with Gasteiger partial charge in [-0.2, -0.15) is 0 Å². The molecule has 0 fully saturated rings. The average Bonchev–Trinajstić information content (AvgIpc) is 2.08. The van der Waals surface area contributed by atoms with Crippen LogP contribution in [0.25, 0.3) is 6.08 Å². The smallest absolute Gasteiger partial charge is 0.355 e. The van der Waals surface area contributed by atoms with E-state index in [1.807, 2.05) is 13.8 Å². The number of rotatable bonds is 2. The fourth-order valence-electron chi connectivity index (χ4n) is 1.12. The molecule has 0 bridgehead atoms. The second-order valence-electron chi connectivity index (χ2n) is 2.70. The molecule has 0 spiro atoms. The maximum Gasteiger partial charge on any atom is 0.355 e. The van der Waals surface area contributed by atoms with Crippen LogP contribution in [0.4, 0.5) is 0 Å². The van der Waals surface area contributed by atoms with E-state index in [1.165, 1.54) is 6.20 Å². The zero-order chi connectivity index (χ0) is 9.84. The number of aromatic nitrogens is 1. The van der Waals surface area contributed by atoms with Crippen molar-refractivity contribution in [2.45, 2.75) is 13.8 Å². The largest absolute Gasteiger partial charge is 0.476 e. The number of carboxylic acids is 1. The van der Waals surface area contributed by atoms with Crippen molar-refractivity contribution in [2.24, 2.45) is 0 Å². The van der Waals surface area contributed by atoms with Crippen molar-refractivity contribution in [1.29, 1.82) is 0 Å². The number of carboxylic acid groups (broad SMARTS) is 1. The lowest BCUT2D eigenvalue weighted by Gasteiger charge is -2.02. The Hall–Kier alpha value is -1.64. The number of nitrogens with zero attached hydrogens (tertiary/aromatic N) is 1. The molecule has 1 aromatic heterocycles. The molecule has 1 heterocycles. The Balaban J connectivity index is 3.33. The van der Waals surface area contributed by atoms with Crippen molar-refractivity contribution in [3.63, 3.8) is 0 Å². The minimum absolute atomic E-state index is 0.109. The first-order chi connectivity index (χ1) is 6.16. The van der Waals surface area contributed by atoms with E-state index in [9.17, 15) is 4.79 Å². The van der Waals surface area contributed by atoms with E-state index >= 15 is 0 Å². The Morgan fingerprint density at radius 1 is 1.62 bits per heavy atom. The average molecular weight is 177 g/mol. The Kier molecular flexibility index (Phi) is 2.80. The zero-order valence-electron chi connectivity index (χ0n) is 7.61. The van der Waals surface area contributed by atoms with Crippen LogP contribution in [0.5, 0.6) is 0 Å². The molecule has 13 heavy (non-hydrogen) atoms. The van der Waals surface area contributed by atoms with Crippen molar-refractivity contribution in [1.82, 2.24) is 4.98 Å². The summed E-state index contributed by atoms with van der Waals surface area (Å²) in [7, 11) is 0. The topological polar surface area (TPSA) is 50.2 Å². The summed E-state index contributed by atoms with van der Waals surface area (Å²) in [6, 6.07) is 1.79. The molecule has 0 aliphatic rings. The highest BCUT2D eigenvalue weighted by Crippen LogP contribution is 2.13. The predicted octanol–water partition coefficient (Wildman–Crippen LogP) is 2.12. The van der Waals surface area contributed by atoms with Crippen LogP contribution >= 0.6 is 0 Å². The molecule has 1 N–H and O–H groups in total. The van der Waals surface area contributed by atoms with Crippen LogP contribution in [-0.4, -0.2) is 16.1 Å². The lowest BCUT2D eigenvalue weighted by molar-refractivity contribution is 0.0690. The zero-order valence-corrected chi connectivity index (χ0v) is 7.61. The van der Waals surface area contributed by atoms with Crippen molar-refractivity contribution in [2.75, 3.05) is 0 Å². The Morgan fingerprint density at radius 3 is 2.85 bits per heavy atom. The first kappa shape index (κ1) is 9.45. The summed E-state index contributed by atoms with van der Waals surface area (Å²) in [6.07, 6.45) is 5.06. The van der Waals surface area contributed by atoms with Gasteiger partial charge in [-0.25, -0.2) is 9.78 Å². The number of allylic oxidation sites excluding steroid dienone is 1. The lowest BCUT2D eigenvalue weighted by Crippen LogP contribution is -2.04. The maximum atomic E-state index is 10.8. The van der Waals surface area contributed by atoms with Gasteiger partial charge in [-0.3, -0.25) is 0 Å². The molecule has 0 atom stereocenters. The number of hydrogen-bond acceptors (Lipinski definition) is 2.